The van der Waals surface area contributed by atoms with Crippen LogP contribution < -0.4 is 4.72 Å². The van der Waals surface area contributed by atoms with Crippen LogP contribution in [0.25, 0.3) is 0 Å². The Hall–Kier alpha value is -1.00. The molecule has 1 aromatic rings. The summed E-state index contributed by atoms with van der Waals surface area (Å²) in [4.78, 5) is 11.8. The van der Waals surface area contributed by atoms with E-state index < -0.39 is 21.5 Å². The highest BCUT2D eigenvalue weighted by molar-refractivity contribution is 9.10. The predicted octanol–water partition coefficient (Wildman–Crippen LogP) is 0.588. The molecule has 0 fully saturated rings. The minimum Gasteiger partial charge on any atom is -0.468 e. The van der Waals surface area contributed by atoms with Crippen molar-refractivity contribution in [2.24, 2.45) is 7.05 Å². The van der Waals surface area contributed by atoms with Crippen molar-refractivity contribution >= 4 is 31.9 Å². The molecule has 0 radical (unpaired) electrons. The van der Waals surface area contributed by atoms with Crippen molar-refractivity contribution in [1.82, 2.24) is 19.7 Å². The molecule has 0 spiro atoms. The number of halogens is 1. The fourth-order valence-electron chi connectivity index (χ4n) is 1.87. The third-order valence-corrected chi connectivity index (χ3v) is 5.22. The highest BCUT2D eigenvalue weighted by Gasteiger charge is 2.40. The van der Waals surface area contributed by atoms with Gasteiger partial charge in [0.2, 0.25) is 5.03 Å². The van der Waals surface area contributed by atoms with E-state index in [9.17, 15) is 13.2 Å². The first-order valence-corrected chi connectivity index (χ1v) is 8.13. The third kappa shape index (κ3) is 3.36. The molecule has 1 rings (SSSR count). The van der Waals surface area contributed by atoms with E-state index in [0.717, 1.165) is 4.68 Å². The summed E-state index contributed by atoms with van der Waals surface area (Å²) in [5, 5.41) is 7.08. The van der Waals surface area contributed by atoms with E-state index in [1.165, 1.54) is 21.1 Å². The molecule has 0 aliphatic carbocycles. The van der Waals surface area contributed by atoms with Crippen molar-refractivity contribution < 1.29 is 17.9 Å². The van der Waals surface area contributed by atoms with Gasteiger partial charge in [0.25, 0.3) is 10.0 Å². The largest absolute Gasteiger partial charge is 0.468 e. The van der Waals surface area contributed by atoms with Crippen LogP contribution in [0.15, 0.2) is 9.63 Å². The number of aryl methyl sites for hydroxylation is 1. The number of nitrogens with zero attached hydrogens (tertiary/aromatic N) is 3. The zero-order valence-corrected chi connectivity index (χ0v) is 14.1. The van der Waals surface area contributed by atoms with E-state index in [2.05, 4.69) is 35.7 Å². The number of esters is 1. The number of methoxy groups -OCH3 is 1. The van der Waals surface area contributed by atoms with Crippen molar-refractivity contribution in [3.63, 3.8) is 0 Å². The first-order valence-electron chi connectivity index (χ1n) is 5.85. The molecule has 1 heterocycles. The number of rotatable bonds is 6. The van der Waals surface area contributed by atoms with E-state index in [1.807, 2.05) is 6.92 Å². The summed E-state index contributed by atoms with van der Waals surface area (Å²) in [6, 6.07) is 0. The number of sulfonamides is 1. The maximum atomic E-state index is 12.4. The number of carbonyl (C=O) groups excluding carboxylic acids is 1. The van der Waals surface area contributed by atoms with Crippen molar-refractivity contribution in [3.8, 4) is 0 Å². The van der Waals surface area contributed by atoms with E-state index in [1.54, 1.807) is 0 Å². The van der Waals surface area contributed by atoms with E-state index in [0.29, 0.717) is 12.8 Å². The molecule has 0 aliphatic rings. The van der Waals surface area contributed by atoms with Crippen LogP contribution in [-0.4, -0.2) is 42.0 Å². The van der Waals surface area contributed by atoms with Gasteiger partial charge in [-0.3, -0.25) is 4.79 Å². The van der Waals surface area contributed by atoms with Gasteiger partial charge < -0.3 is 4.74 Å². The van der Waals surface area contributed by atoms with Gasteiger partial charge in [0.1, 0.15) is 5.54 Å². The Morgan fingerprint density at radius 2 is 2.15 bits per heavy atom. The van der Waals surface area contributed by atoms with Gasteiger partial charge in [0.15, 0.2) is 4.60 Å². The van der Waals surface area contributed by atoms with Crippen LogP contribution in [-0.2, 0) is 26.6 Å². The van der Waals surface area contributed by atoms with E-state index >= 15 is 0 Å². The molecule has 1 N–H and O–H groups in total. The topological polar surface area (TPSA) is 103 Å². The average Bonchev–Trinajstić information content (AvgIpc) is 2.68. The Balaban J connectivity index is 3.20. The van der Waals surface area contributed by atoms with Crippen LogP contribution in [0.2, 0.25) is 0 Å². The van der Waals surface area contributed by atoms with Gasteiger partial charge in [-0.25, -0.2) is 13.1 Å². The lowest BCUT2D eigenvalue weighted by Gasteiger charge is -2.27. The zero-order chi connectivity index (χ0) is 15.6. The van der Waals surface area contributed by atoms with Crippen LogP contribution in [0.5, 0.6) is 0 Å². The van der Waals surface area contributed by atoms with Crippen LogP contribution >= 0.6 is 15.9 Å². The average molecular weight is 369 g/mol. The normalized spacial score (nSPS) is 14.8. The van der Waals surface area contributed by atoms with E-state index in [4.69, 9.17) is 0 Å². The van der Waals surface area contributed by atoms with Crippen LogP contribution in [0.4, 0.5) is 0 Å². The smallest absolute Gasteiger partial charge is 0.326 e. The minimum absolute atomic E-state index is 0.0798. The molecule has 114 valence electrons. The number of aromatic nitrogens is 3. The Morgan fingerprint density at radius 3 is 2.55 bits per heavy atom. The fraction of sp³-hybridized carbons (Fsp3) is 0.700. The molecule has 0 aromatic carbocycles. The van der Waals surface area contributed by atoms with Crippen molar-refractivity contribution in [3.05, 3.63) is 4.60 Å². The first kappa shape index (κ1) is 17.1. The molecular formula is C10H17BrN4O4S. The Kier molecular flexibility index (Phi) is 5.27. The van der Waals surface area contributed by atoms with Crippen molar-refractivity contribution in [2.45, 2.75) is 37.3 Å². The van der Waals surface area contributed by atoms with Gasteiger partial charge in [-0.05, 0) is 29.3 Å². The number of hydrogen-bond acceptors (Lipinski definition) is 6. The van der Waals surface area contributed by atoms with Gasteiger partial charge in [0, 0.05) is 7.05 Å². The Morgan fingerprint density at radius 1 is 1.55 bits per heavy atom. The first-order chi connectivity index (χ1) is 9.18. The highest BCUT2D eigenvalue weighted by atomic mass is 79.9. The summed E-state index contributed by atoms with van der Waals surface area (Å²) in [6.07, 6.45) is 0.917. The molecule has 0 saturated heterocycles. The molecule has 1 aromatic heterocycles. The number of carbonyl (C=O) groups is 1. The zero-order valence-electron chi connectivity index (χ0n) is 11.7. The molecule has 0 bridgehead atoms. The summed E-state index contributed by atoms with van der Waals surface area (Å²) >= 11 is 3.02. The van der Waals surface area contributed by atoms with Gasteiger partial charge in [-0.1, -0.05) is 18.6 Å². The molecular weight excluding hydrogens is 352 g/mol. The fourth-order valence-corrected chi connectivity index (χ4v) is 4.36. The second-order valence-corrected chi connectivity index (χ2v) is 6.84. The maximum absolute atomic E-state index is 12.4. The summed E-state index contributed by atoms with van der Waals surface area (Å²) in [5.41, 5.74) is -1.34. The Bertz CT molecular complexity index is 581. The molecule has 0 amide bonds. The summed E-state index contributed by atoms with van der Waals surface area (Å²) in [7, 11) is -1.31. The third-order valence-electron chi connectivity index (χ3n) is 2.74. The molecule has 20 heavy (non-hydrogen) atoms. The molecule has 1 unspecified atom stereocenters. The summed E-state index contributed by atoms with van der Waals surface area (Å²) < 4.78 is 33.0. The summed E-state index contributed by atoms with van der Waals surface area (Å²) in [5.74, 6) is -0.644. The SMILES string of the molecule is CCCC(C)(NS(=O)(=O)c1c(Br)nnn1C)C(=O)OC. The quantitative estimate of drug-likeness (QED) is 0.736. The molecule has 1 atom stereocenters. The van der Waals surface area contributed by atoms with Gasteiger partial charge >= 0.3 is 5.97 Å². The van der Waals surface area contributed by atoms with Gasteiger partial charge in [-0.2, -0.15) is 4.72 Å². The van der Waals surface area contributed by atoms with Crippen LogP contribution in [0, 0.1) is 0 Å². The molecule has 10 heteroatoms. The monoisotopic (exact) mass is 368 g/mol. The summed E-state index contributed by atoms with van der Waals surface area (Å²) in [6.45, 7) is 3.33. The standard InChI is InChI=1S/C10H17BrN4O4S/c1-5-6-10(2,9(16)19-4)13-20(17,18)8-7(11)12-14-15(8)3/h13H,5-6H2,1-4H3. The number of nitrogens with one attached hydrogen (secondary N) is 1. The van der Waals surface area contributed by atoms with Crippen molar-refractivity contribution in [1.29, 1.82) is 0 Å². The van der Waals surface area contributed by atoms with Crippen LogP contribution in [0.1, 0.15) is 26.7 Å². The van der Waals surface area contributed by atoms with Gasteiger partial charge in [-0.15, -0.1) is 5.10 Å². The minimum atomic E-state index is -3.97. The lowest BCUT2D eigenvalue weighted by atomic mass is 9.98. The molecule has 0 aliphatic heterocycles. The second-order valence-electron chi connectivity index (χ2n) is 4.49. The molecule has 8 nitrogen and oxygen atoms in total. The Labute approximate surface area is 126 Å². The number of hydrogen-bond donors (Lipinski definition) is 1. The lowest BCUT2D eigenvalue weighted by molar-refractivity contribution is -0.147. The van der Waals surface area contributed by atoms with E-state index in [-0.39, 0.29) is 9.63 Å². The van der Waals surface area contributed by atoms with Crippen LogP contribution in [0.3, 0.4) is 0 Å². The highest BCUT2D eigenvalue weighted by Crippen LogP contribution is 2.22. The van der Waals surface area contributed by atoms with Crippen molar-refractivity contribution in [2.75, 3.05) is 7.11 Å². The maximum Gasteiger partial charge on any atom is 0.326 e. The number of ether oxygens (including phenoxy) is 1. The molecule has 0 saturated carbocycles. The lowest BCUT2D eigenvalue weighted by Crippen LogP contribution is -2.52. The predicted molar refractivity (Wildman–Crippen MR) is 74.4 cm³/mol. The second kappa shape index (κ2) is 6.19. The van der Waals surface area contributed by atoms with Gasteiger partial charge in [0.05, 0.1) is 7.11 Å².